The standard InChI is InChI=1S/C17H28N2S/c1-12-7-13(2)16(17(18)8-12)10-19(15-3-4-15)9-14-5-6-20-11-14/h5-6,11-13,15-17H,3-4,7-10,18H2,1-2H3. The minimum Gasteiger partial charge on any atom is -0.327 e. The van der Waals surface area contributed by atoms with E-state index >= 15 is 0 Å². The maximum atomic E-state index is 6.48. The molecular weight excluding hydrogens is 264 g/mol. The molecule has 2 aliphatic rings. The van der Waals surface area contributed by atoms with E-state index in [4.69, 9.17) is 5.73 Å². The van der Waals surface area contributed by atoms with E-state index in [2.05, 4.69) is 35.6 Å². The summed E-state index contributed by atoms with van der Waals surface area (Å²) in [5.41, 5.74) is 7.96. The maximum absolute atomic E-state index is 6.48. The Balaban J connectivity index is 1.63. The molecule has 3 heteroatoms. The molecule has 2 N–H and O–H groups in total. The van der Waals surface area contributed by atoms with E-state index < -0.39 is 0 Å². The Kier molecular flexibility index (Phi) is 4.49. The van der Waals surface area contributed by atoms with Crippen LogP contribution in [0.4, 0.5) is 0 Å². The van der Waals surface area contributed by atoms with Crippen LogP contribution in [0.25, 0.3) is 0 Å². The van der Waals surface area contributed by atoms with Crippen LogP contribution in [0, 0.1) is 17.8 Å². The fourth-order valence-electron chi connectivity index (χ4n) is 3.95. The van der Waals surface area contributed by atoms with Crippen LogP contribution in [0.1, 0.15) is 45.1 Å². The Morgan fingerprint density at radius 2 is 2.10 bits per heavy atom. The highest BCUT2D eigenvalue weighted by molar-refractivity contribution is 7.07. The predicted octanol–water partition coefficient (Wildman–Crippen LogP) is 3.72. The van der Waals surface area contributed by atoms with Gasteiger partial charge in [-0.3, -0.25) is 4.90 Å². The molecule has 0 amide bonds. The molecule has 3 rings (SSSR count). The first kappa shape index (κ1) is 14.6. The quantitative estimate of drug-likeness (QED) is 0.896. The number of nitrogens with zero attached hydrogens (tertiary/aromatic N) is 1. The molecular formula is C17H28N2S. The largest absolute Gasteiger partial charge is 0.327 e. The Morgan fingerprint density at radius 3 is 2.70 bits per heavy atom. The van der Waals surface area contributed by atoms with Gasteiger partial charge in [0.1, 0.15) is 0 Å². The van der Waals surface area contributed by atoms with E-state index in [0.717, 1.165) is 24.4 Å². The second kappa shape index (κ2) is 6.17. The molecule has 0 spiro atoms. The highest BCUT2D eigenvalue weighted by Crippen LogP contribution is 2.36. The summed E-state index contributed by atoms with van der Waals surface area (Å²) in [4.78, 5) is 2.71. The first-order valence-electron chi connectivity index (χ1n) is 8.14. The van der Waals surface area contributed by atoms with Crippen LogP contribution >= 0.6 is 11.3 Å². The third-order valence-corrected chi connectivity index (χ3v) is 5.94. The molecule has 2 fully saturated rings. The molecule has 1 aromatic rings. The number of nitrogens with two attached hydrogens (primary N) is 1. The maximum Gasteiger partial charge on any atom is 0.0245 e. The zero-order chi connectivity index (χ0) is 14.1. The molecule has 112 valence electrons. The van der Waals surface area contributed by atoms with E-state index in [1.807, 2.05) is 11.3 Å². The lowest BCUT2D eigenvalue weighted by Gasteiger charge is -2.40. The van der Waals surface area contributed by atoms with Crippen molar-refractivity contribution in [2.24, 2.45) is 23.5 Å². The van der Waals surface area contributed by atoms with E-state index in [1.165, 1.54) is 37.8 Å². The summed E-state index contributed by atoms with van der Waals surface area (Å²) in [6, 6.07) is 3.50. The fraction of sp³-hybridized carbons (Fsp3) is 0.765. The Bertz CT molecular complexity index is 401. The van der Waals surface area contributed by atoms with Gasteiger partial charge in [-0.15, -0.1) is 0 Å². The predicted molar refractivity (Wildman–Crippen MR) is 86.8 cm³/mol. The molecule has 0 radical (unpaired) electrons. The monoisotopic (exact) mass is 292 g/mol. The van der Waals surface area contributed by atoms with Crippen LogP contribution in [-0.2, 0) is 6.54 Å². The lowest BCUT2D eigenvalue weighted by molar-refractivity contribution is 0.110. The third-order valence-electron chi connectivity index (χ3n) is 5.20. The van der Waals surface area contributed by atoms with E-state index in [9.17, 15) is 0 Å². The van der Waals surface area contributed by atoms with Crippen molar-refractivity contribution < 1.29 is 0 Å². The molecule has 0 saturated heterocycles. The van der Waals surface area contributed by atoms with E-state index in [0.29, 0.717) is 12.0 Å². The van der Waals surface area contributed by atoms with Crippen molar-refractivity contribution in [1.82, 2.24) is 4.90 Å². The van der Waals surface area contributed by atoms with Crippen LogP contribution in [-0.4, -0.2) is 23.5 Å². The van der Waals surface area contributed by atoms with Gasteiger partial charge in [-0.05, 0) is 65.8 Å². The van der Waals surface area contributed by atoms with Gasteiger partial charge in [0.25, 0.3) is 0 Å². The van der Waals surface area contributed by atoms with Crippen LogP contribution in [0.15, 0.2) is 16.8 Å². The summed E-state index contributed by atoms with van der Waals surface area (Å²) in [6.07, 6.45) is 5.34. The summed E-state index contributed by atoms with van der Waals surface area (Å²) in [7, 11) is 0. The van der Waals surface area contributed by atoms with Crippen LogP contribution in [0.2, 0.25) is 0 Å². The summed E-state index contributed by atoms with van der Waals surface area (Å²) in [5.74, 6) is 2.27. The highest BCUT2D eigenvalue weighted by Gasteiger charge is 2.36. The zero-order valence-electron chi connectivity index (χ0n) is 12.8. The third kappa shape index (κ3) is 3.44. The van der Waals surface area contributed by atoms with Crippen molar-refractivity contribution in [1.29, 1.82) is 0 Å². The number of hydrogen-bond acceptors (Lipinski definition) is 3. The van der Waals surface area contributed by atoms with Gasteiger partial charge in [0.15, 0.2) is 0 Å². The lowest BCUT2D eigenvalue weighted by atomic mass is 9.72. The van der Waals surface area contributed by atoms with Crippen molar-refractivity contribution in [3.05, 3.63) is 22.4 Å². The lowest BCUT2D eigenvalue weighted by Crippen LogP contribution is -2.47. The Hall–Kier alpha value is -0.380. The van der Waals surface area contributed by atoms with E-state index in [1.54, 1.807) is 0 Å². The average molecular weight is 292 g/mol. The second-order valence-corrected chi connectivity index (χ2v) is 7.95. The molecule has 0 aliphatic heterocycles. The minimum absolute atomic E-state index is 0.400. The van der Waals surface area contributed by atoms with Crippen molar-refractivity contribution >= 4 is 11.3 Å². The van der Waals surface area contributed by atoms with Gasteiger partial charge in [0, 0.05) is 25.2 Å². The molecule has 1 aromatic heterocycles. The number of hydrogen-bond donors (Lipinski definition) is 1. The minimum atomic E-state index is 0.400. The van der Waals surface area contributed by atoms with Gasteiger partial charge in [-0.2, -0.15) is 11.3 Å². The van der Waals surface area contributed by atoms with Crippen LogP contribution in [0.3, 0.4) is 0 Å². The fourth-order valence-corrected chi connectivity index (χ4v) is 4.61. The van der Waals surface area contributed by atoms with Crippen LogP contribution < -0.4 is 5.73 Å². The molecule has 0 aromatic carbocycles. The average Bonchev–Trinajstić information content (AvgIpc) is 3.10. The Labute approximate surface area is 127 Å². The molecule has 2 nitrogen and oxygen atoms in total. The number of thiophene rings is 1. The van der Waals surface area contributed by atoms with Crippen molar-refractivity contribution in [2.75, 3.05) is 6.54 Å². The summed E-state index contributed by atoms with van der Waals surface area (Å²) in [5, 5.41) is 4.48. The summed E-state index contributed by atoms with van der Waals surface area (Å²) < 4.78 is 0. The van der Waals surface area contributed by atoms with Gasteiger partial charge < -0.3 is 5.73 Å². The van der Waals surface area contributed by atoms with Crippen LogP contribution in [0.5, 0.6) is 0 Å². The second-order valence-electron chi connectivity index (χ2n) is 7.17. The number of rotatable bonds is 5. The summed E-state index contributed by atoms with van der Waals surface area (Å²) in [6.45, 7) is 7.10. The first-order chi connectivity index (χ1) is 9.63. The zero-order valence-corrected chi connectivity index (χ0v) is 13.6. The molecule has 0 bridgehead atoms. The molecule has 4 unspecified atom stereocenters. The van der Waals surface area contributed by atoms with Gasteiger partial charge in [0.05, 0.1) is 0 Å². The molecule has 1 heterocycles. The normalized spacial score (nSPS) is 34.6. The van der Waals surface area contributed by atoms with Gasteiger partial charge in [-0.1, -0.05) is 13.8 Å². The topological polar surface area (TPSA) is 29.3 Å². The van der Waals surface area contributed by atoms with Gasteiger partial charge >= 0.3 is 0 Å². The molecule has 2 aliphatic carbocycles. The molecule has 2 saturated carbocycles. The highest BCUT2D eigenvalue weighted by atomic mass is 32.1. The summed E-state index contributed by atoms with van der Waals surface area (Å²) >= 11 is 1.81. The molecule has 4 atom stereocenters. The van der Waals surface area contributed by atoms with Crippen molar-refractivity contribution in [2.45, 2.75) is 58.2 Å². The molecule has 20 heavy (non-hydrogen) atoms. The first-order valence-corrected chi connectivity index (χ1v) is 9.08. The van der Waals surface area contributed by atoms with E-state index in [-0.39, 0.29) is 0 Å². The van der Waals surface area contributed by atoms with Gasteiger partial charge in [-0.25, -0.2) is 0 Å². The van der Waals surface area contributed by atoms with Crippen molar-refractivity contribution in [3.63, 3.8) is 0 Å². The Morgan fingerprint density at radius 1 is 1.30 bits per heavy atom. The SMILES string of the molecule is CC1CC(C)C(CN(Cc2ccsc2)C2CC2)C(N)C1. The van der Waals surface area contributed by atoms with Gasteiger partial charge in [0.2, 0.25) is 0 Å². The smallest absolute Gasteiger partial charge is 0.0245 e. The van der Waals surface area contributed by atoms with Crippen molar-refractivity contribution in [3.8, 4) is 0 Å².